The molecular formula is C23H31NO6S. The van der Waals surface area contributed by atoms with Crippen molar-refractivity contribution in [1.82, 2.24) is 4.31 Å². The predicted octanol–water partition coefficient (Wildman–Crippen LogP) is 3.75. The van der Waals surface area contributed by atoms with Crippen LogP contribution in [0.5, 0.6) is 23.0 Å². The van der Waals surface area contributed by atoms with Crippen molar-refractivity contribution in [2.75, 3.05) is 41.5 Å². The van der Waals surface area contributed by atoms with Crippen LogP contribution in [0.3, 0.4) is 0 Å². The van der Waals surface area contributed by atoms with Gasteiger partial charge in [-0.05, 0) is 61.4 Å². The van der Waals surface area contributed by atoms with Gasteiger partial charge in [-0.25, -0.2) is 8.42 Å². The Hall–Kier alpha value is -2.45. The molecule has 31 heavy (non-hydrogen) atoms. The Morgan fingerprint density at radius 3 is 2.00 bits per heavy atom. The zero-order valence-corrected chi connectivity index (χ0v) is 19.4. The number of methoxy groups -OCH3 is 4. The summed E-state index contributed by atoms with van der Waals surface area (Å²) >= 11 is 0. The Morgan fingerprint density at radius 1 is 0.839 bits per heavy atom. The van der Waals surface area contributed by atoms with Crippen molar-refractivity contribution in [1.29, 1.82) is 0 Å². The number of ether oxygens (including phenoxy) is 4. The minimum absolute atomic E-state index is 0.149. The van der Waals surface area contributed by atoms with Crippen LogP contribution in [0.4, 0.5) is 0 Å². The Kier molecular flexibility index (Phi) is 7.67. The molecule has 1 saturated heterocycles. The van der Waals surface area contributed by atoms with Gasteiger partial charge in [0, 0.05) is 25.2 Å². The SMILES string of the molecule is COc1cc(CCC2CCN(S(=O)(=O)c3cc(OC)ccc3OC)CC2)cc(OC)c1. The maximum absolute atomic E-state index is 13.2. The molecule has 1 aliphatic rings. The van der Waals surface area contributed by atoms with Crippen LogP contribution in [0.1, 0.15) is 24.8 Å². The summed E-state index contributed by atoms with van der Waals surface area (Å²) in [6, 6.07) is 10.8. The van der Waals surface area contributed by atoms with Crippen molar-refractivity contribution in [3.8, 4) is 23.0 Å². The van der Waals surface area contributed by atoms with Crippen molar-refractivity contribution in [3.63, 3.8) is 0 Å². The van der Waals surface area contributed by atoms with Gasteiger partial charge >= 0.3 is 0 Å². The molecule has 2 aromatic carbocycles. The van der Waals surface area contributed by atoms with Crippen LogP contribution in [0.2, 0.25) is 0 Å². The molecule has 8 heteroatoms. The molecule has 3 rings (SSSR count). The van der Waals surface area contributed by atoms with Gasteiger partial charge in [0.2, 0.25) is 10.0 Å². The predicted molar refractivity (Wildman–Crippen MR) is 119 cm³/mol. The molecule has 0 bridgehead atoms. The van der Waals surface area contributed by atoms with Crippen molar-refractivity contribution in [2.45, 2.75) is 30.6 Å². The molecule has 2 aromatic rings. The highest BCUT2D eigenvalue weighted by atomic mass is 32.2. The Morgan fingerprint density at radius 2 is 1.45 bits per heavy atom. The van der Waals surface area contributed by atoms with Crippen molar-refractivity contribution >= 4 is 10.0 Å². The average molecular weight is 450 g/mol. The lowest BCUT2D eigenvalue weighted by Crippen LogP contribution is -2.38. The molecule has 0 radical (unpaired) electrons. The summed E-state index contributed by atoms with van der Waals surface area (Å²) in [4.78, 5) is 0.149. The molecule has 0 atom stereocenters. The Labute approximate surface area is 184 Å². The van der Waals surface area contributed by atoms with Gasteiger partial charge in [-0.1, -0.05) is 0 Å². The fourth-order valence-corrected chi connectivity index (χ4v) is 5.58. The standard InChI is InChI=1S/C23H31NO6S/c1-27-19-7-8-22(30-4)23(16-19)31(25,26)24-11-9-17(10-12-24)5-6-18-13-20(28-2)15-21(14-18)29-3/h7-8,13-17H,5-6,9-12H2,1-4H3. The first-order valence-electron chi connectivity index (χ1n) is 10.4. The van der Waals surface area contributed by atoms with Gasteiger partial charge in [0.25, 0.3) is 0 Å². The van der Waals surface area contributed by atoms with E-state index in [-0.39, 0.29) is 4.90 Å². The number of hydrogen-bond donors (Lipinski definition) is 0. The molecule has 0 spiro atoms. The highest BCUT2D eigenvalue weighted by Gasteiger charge is 2.31. The van der Waals surface area contributed by atoms with E-state index in [9.17, 15) is 8.42 Å². The maximum atomic E-state index is 13.2. The summed E-state index contributed by atoms with van der Waals surface area (Å²) in [5.74, 6) is 2.85. The minimum Gasteiger partial charge on any atom is -0.497 e. The van der Waals surface area contributed by atoms with Crippen LogP contribution in [-0.4, -0.2) is 54.3 Å². The number of rotatable bonds is 9. The molecule has 1 aliphatic heterocycles. The summed E-state index contributed by atoms with van der Waals surface area (Å²) in [6.45, 7) is 0.990. The number of benzene rings is 2. The molecule has 0 N–H and O–H groups in total. The van der Waals surface area contributed by atoms with E-state index >= 15 is 0 Å². The molecule has 1 fully saturated rings. The molecule has 1 heterocycles. The average Bonchev–Trinajstić information content (AvgIpc) is 2.82. The van der Waals surface area contributed by atoms with Crippen molar-refractivity contribution in [2.24, 2.45) is 5.92 Å². The lowest BCUT2D eigenvalue weighted by molar-refractivity contribution is 0.262. The van der Waals surface area contributed by atoms with E-state index in [0.717, 1.165) is 42.7 Å². The van der Waals surface area contributed by atoms with Gasteiger partial charge in [0.1, 0.15) is 27.9 Å². The molecule has 0 saturated carbocycles. The van der Waals surface area contributed by atoms with E-state index in [2.05, 4.69) is 0 Å². The number of aryl methyl sites for hydroxylation is 1. The van der Waals surface area contributed by atoms with Crippen LogP contribution in [0.25, 0.3) is 0 Å². The van der Waals surface area contributed by atoms with E-state index in [1.165, 1.54) is 20.3 Å². The molecule has 0 aromatic heterocycles. The molecule has 7 nitrogen and oxygen atoms in total. The minimum atomic E-state index is -3.65. The summed E-state index contributed by atoms with van der Waals surface area (Å²) in [6.07, 6.45) is 3.54. The molecular weight excluding hydrogens is 418 g/mol. The van der Waals surface area contributed by atoms with Gasteiger partial charge in [-0.2, -0.15) is 4.31 Å². The van der Waals surface area contributed by atoms with E-state index in [4.69, 9.17) is 18.9 Å². The van der Waals surface area contributed by atoms with Gasteiger partial charge in [-0.3, -0.25) is 0 Å². The molecule has 0 amide bonds. The van der Waals surface area contributed by atoms with E-state index in [0.29, 0.717) is 30.5 Å². The third-order valence-electron chi connectivity index (χ3n) is 5.81. The van der Waals surface area contributed by atoms with Gasteiger partial charge in [-0.15, -0.1) is 0 Å². The number of piperidine rings is 1. The Bertz CT molecular complexity index is 961. The zero-order valence-electron chi connectivity index (χ0n) is 18.6. The van der Waals surface area contributed by atoms with E-state index in [1.54, 1.807) is 30.7 Å². The van der Waals surface area contributed by atoms with Gasteiger partial charge < -0.3 is 18.9 Å². The largest absolute Gasteiger partial charge is 0.497 e. The number of nitrogens with zero attached hydrogens (tertiary/aromatic N) is 1. The lowest BCUT2D eigenvalue weighted by atomic mass is 9.91. The van der Waals surface area contributed by atoms with Crippen LogP contribution in [-0.2, 0) is 16.4 Å². The normalized spacial score (nSPS) is 15.5. The van der Waals surface area contributed by atoms with E-state index in [1.807, 2.05) is 18.2 Å². The smallest absolute Gasteiger partial charge is 0.246 e. The fourth-order valence-electron chi connectivity index (χ4n) is 3.94. The summed E-state index contributed by atoms with van der Waals surface area (Å²) in [5, 5.41) is 0. The van der Waals surface area contributed by atoms with Crippen LogP contribution in [0.15, 0.2) is 41.3 Å². The summed E-state index contributed by atoms with van der Waals surface area (Å²) < 4.78 is 49.2. The fraction of sp³-hybridized carbons (Fsp3) is 0.478. The lowest BCUT2D eigenvalue weighted by Gasteiger charge is -2.31. The second-order valence-electron chi connectivity index (χ2n) is 7.62. The van der Waals surface area contributed by atoms with E-state index < -0.39 is 10.0 Å². The monoisotopic (exact) mass is 449 g/mol. The Balaban J connectivity index is 1.63. The quantitative estimate of drug-likeness (QED) is 0.580. The zero-order chi connectivity index (χ0) is 22.4. The molecule has 0 aliphatic carbocycles. The highest BCUT2D eigenvalue weighted by Crippen LogP contribution is 2.33. The second-order valence-corrected chi connectivity index (χ2v) is 9.53. The molecule has 170 valence electrons. The van der Waals surface area contributed by atoms with Crippen LogP contribution in [0, 0.1) is 5.92 Å². The number of sulfonamides is 1. The topological polar surface area (TPSA) is 74.3 Å². The first kappa shape index (κ1) is 23.2. The second kappa shape index (κ2) is 10.2. The summed E-state index contributed by atoms with van der Waals surface area (Å²) in [5.41, 5.74) is 1.16. The third-order valence-corrected chi connectivity index (χ3v) is 7.73. The maximum Gasteiger partial charge on any atom is 0.246 e. The molecule has 0 unspecified atom stereocenters. The van der Waals surface area contributed by atoms with Crippen molar-refractivity contribution in [3.05, 3.63) is 42.0 Å². The number of hydrogen-bond acceptors (Lipinski definition) is 6. The van der Waals surface area contributed by atoms with Gasteiger partial charge in [0.15, 0.2) is 0 Å². The van der Waals surface area contributed by atoms with Gasteiger partial charge in [0.05, 0.1) is 28.4 Å². The van der Waals surface area contributed by atoms with Crippen molar-refractivity contribution < 1.29 is 27.4 Å². The van der Waals surface area contributed by atoms with Crippen LogP contribution >= 0.6 is 0 Å². The van der Waals surface area contributed by atoms with Crippen LogP contribution < -0.4 is 18.9 Å². The third kappa shape index (κ3) is 5.43. The highest BCUT2D eigenvalue weighted by molar-refractivity contribution is 7.89. The first-order chi connectivity index (χ1) is 14.9. The first-order valence-corrected chi connectivity index (χ1v) is 11.8. The summed E-state index contributed by atoms with van der Waals surface area (Å²) in [7, 11) is 2.63.